The van der Waals surface area contributed by atoms with Crippen molar-refractivity contribution < 1.29 is 22.7 Å². The van der Waals surface area contributed by atoms with Gasteiger partial charge in [0.05, 0.1) is 25.0 Å². The van der Waals surface area contributed by atoms with Crippen LogP contribution in [0.4, 0.5) is 0 Å². The van der Waals surface area contributed by atoms with E-state index >= 15 is 0 Å². The number of carbonyl (C=O) groups is 1. The highest BCUT2D eigenvalue weighted by Crippen LogP contribution is 2.70. The average molecular weight is 414 g/mol. The molecule has 7 heteroatoms. The number of hydrogen-bond acceptors (Lipinski definition) is 5. The van der Waals surface area contributed by atoms with E-state index in [1.807, 2.05) is 0 Å². The largest absolute Gasteiger partial charge is 0.348 e. The van der Waals surface area contributed by atoms with E-state index in [2.05, 4.69) is 20.8 Å². The summed E-state index contributed by atoms with van der Waals surface area (Å²) in [7, 11) is -3.50. The molecule has 2 bridgehead atoms. The number of hydrogen-bond donors (Lipinski definition) is 0. The lowest BCUT2D eigenvalue weighted by molar-refractivity contribution is -0.168. The van der Waals surface area contributed by atoms with E-state index in [1.165, 1.54) is 4.31 Å². The van der Waals surface area contributed by atoms with Crippen LogP contribution in [0.15, 0.2) is 0 Å². The van der Waals surface area contributed by atoms with E-state index in [0.717, 1.165) is 44.9 Å². The van der Waals surface area contributed by atoms with Crippen molar-refractivity contribution in [2.45, 2.75) is 90.4 Å². The van der Waals surface area contributed by atoms with E-state index in [9.17, 15) is 13.2 Å². The Kier molecular flexibility index (Phi) is 5.11. The van der Waals surface area contributed by atoms with Crippen molar-refractivity contribution in [3.8, 4) is 0 Å². The van der Waals surface area contributed by atoms with Crippen LogP contribution in [-0.4, -0.2) is 49.4 Å². The first-order valence-corrected chi connectivity index (χ1v) is 12.6. The Morgan fingerprint density at radius 3 is 2.50 bits per heavy atom. The van der Waals surface area contributed by atoms with Gasteiger partial charge in [-0.3, -0.25) is 4.79 Å². The van der Waals surface area contributed by atoms with Crippen LogP contribution in [0.5, 0.6) is 0 Å². The fraction of sp³-hybridized carbons (Fsp3) is 0.952. The van der Waals surface area contributed by atoms with Crippen LogP contribution in [0.2, 0.25) is 0 Å². The number of fused-ring (bicyclic) bond motifs is 1. The normalized spacial score (nSPS) is 36.8. The molecule has 1 amide bonds. The summed E-state index contributed by atoms with van der Waals surface area (Å²) < 4.78 is 38.8. The minimum absolute atomic E-state index is 0.00342. The molecule has 2 saturated heterocycles. The van der Waals surface area contributed by atoms with Crippen LogP contribution < -0.4 is 0 Å². The maximum Gasteiger partial charge on any atom is 0.238 e. The Bertz CT molecular complexity index is 727. The number of amides is 1. The molecule has 28 heavy (non-hydrogen) atoms. The lowest BCUT2D eigenvalue weighted by Gasteiger charge is -2.37. The Morgan fingerprint density at radius 2 is 1.86 bits per heavy atom. The molecular formula is C21H35NO5S. The minimum Gasteiger partial charge on any atom is -0.348 e. The minimum atomic E-state index is -3.50. The molecule has 4 aliphatic rings. The number of nitrogens with zero attached hydrogens (tertiary/aromatic N) is 1. The molecule has 2 aliphatic carbocycles. The van der Waals surface area contributed by atoms with Crippen LogP contribution in [0, 0.1) is 16.7 Å². The van der Waals surface area contributed by atoms with Gasteiger partial charge in [-0.15, -0.1) is 0 Å². The Hall–Kier alpha value is -0.660. The number of unbranched alkanes of at least 4 members (excludes halogenated alkanes) is 1. The predicted molar refractivity (Wildman–Crippen MR) is 106 cm³/mol. The number of rotatable bonds is 7. The van der Waals surface area contributed by atoms with Crippen molar-refractivity contribution in [3.05, 3.63) is 0 Å². The SMILES string of the molecule is CCCC1(CCCCC(=O)N2[C@@H]3C[C@H]4CC[C@]3(CS2(=O)=O)C4(C)C)OCCO1. The van der Waals surface area contributed by atoms with E-state index in [1.54, 1.807) is 0 Å². The molecule has 3 atom stereocenters. The molecule has 2 heterocycles. The van der Waals surface area contributed by atoms with Crippen LogP contribution in [-0.2, 0) is 24.3 Å². The van der Waals surface area contributed by atoms with E-state index in [0.29, 0.717) is 32.0 Å². The third-order valence-electron chi connectivity index (χ3n) is 8.30. The molecule has 0 unspecified atom stereocenters. The predicted octanol–water partition coefficient (Wildman–Crippen LogP) is 3.46. The number of ether oxygens (including phenoxy) is 2. The summed E-state index contributed by atoms with van der Waals surface area (Å²) in [4.78, 5) is 13.0. The first-order chi connectivity index (χ1) is 13.2. The smallest absolute Gasteiger partial charge is 0.238 e. The topological polar surface area (TPSA) is 72.9 Å². The quantitative estimate of drug-likeness (QED) is 0.598. The van der Waals surface area contributed by atoms with Crippen molar-refractivity contribution in [1.82, 2.24) is 4.31 Å². The summed E-state index contributed by atoms with van der Waals surface area (Å²) in [5, 5.41) is 0. The van der Waals surface area contributed by atoms with Gasteiger partial charge in [0.2, 0.25) is 15.9 Å². The highest BCUT2D eigenvalue weighted by atomic mass is 32.2. The fourth-order valence-electron chi connectivity index (χ4n) is 6.69. The molecule has 0 N–H and O–H groups in total. The zero-order valence-corrected chi connectivity index (χ0v) is 18.4. The average Bonchev–Trinajstić information content (AvgIpc) is 3.28. The van der Waals surface area contributed by atoms with Gasteiger partial charge in [-0.25, -0.2) is 12.7 Å². The van der Waals surface area contributed by atoms with Gasteiger partial charge in [0.15, 0.2) is 5.79 Å². The summed E-state index contributed by atoms with van der Waals surface area (Å²) in [6.07, 6.45) is 7.28. The maximum atomic E-state index is 13.0. The standard InChI is InChI=1S/C21H35NO5S/c1-4-9-21(26-12-13-27-21)10-6-5-7-18(23)22-17-14-16-8-11-20(17,19(16,2)3)15-28(22,24)25/h16-17H,4-15H2,1-3H3/t16-,17-,20-/m1/s1. The van der Waals surface area contributed by atoms with E-state index in [4.69, 9.17) is 9.47 Å². The van der Waals surface area contributed by atoms with E-state index in [-0.39, 0.29) is 28.5 Å². The first kappa shape index (κ1) is 20.6. The summed E-state index contributed by atoms with van der Waals surface area (Å²) in [6, 6.07) is -0.119. The fourth-order valence-corrected chi connectivity index (χ4v) is 9.27. The molecule has 4 fully saturated rings. The van der Waals surface area contributed by atoms with Crippen molar-refractivity contribution in [2.24, 2.45) is 16.7 Å². The first-order valence-electron chi connectivity index (χ1n) is 11.0. The highest BCUT2D eigenvalue weighted by Gasteiger charge is 2.72. The number of carbonyl (C=O) groups excluding carboxylic acids is 1. The second-order valence-electron chi connectivity index (χ2n) is 9.88. The van der Waals surface area contributed by atoms with Crippen LogP contribution >= 0.6 is 0 Å². The lowest BCUT2D eigenvalue weighted by atomic mass is 9.69. The van der Waals surface area contributed by atoms with Crippen molar-refractivity contribution in [1.29, 1.82) is 0 Å². The highest BCUT2D eigenvalue weighted by molar-refractivity contribution is 7.90. The van der Waals surface area contributed by atoms with Gasteiger partial charge in [0.1, 0.15) is 0 Å². The van der Waals surface area contributed by atoms with Crippen molar-refractivity contribution >= 4 is 15.9 Å². The molecule has 0 aromatic heterocycles. The summed E-state index contributed by atoms with van der Waals surface area (Å²) in [6.45, 7) is 7.80. The second-order valence-corrected chi connectivity index (χ2v) is 11.7. The van der Waals surface area contributed by atoms with Crippen LogP contribution in [0.25, 0.3) is 0 Å². The zero-order chi connectivity index (χ0) is 20.2. The molecule has 6 nitrogen and oxygen atoms in total. The maximum absolute atomic E-state index is 13.0. The number of sulfonamides is 1. The summed E-state index contributed by atoms with van der Waals surface area (Å²) in [5.74, 6) is -0.00546. The molecular weight excluding hydrogens is 378 g/mol. The second kappa shape index (κ2) is 6.95. The van der Waals surface area contributed by atoms with Gasteiger partial charge < -0.3 is 9.47 Å². The Morgan fingerprint density at radius 1 is 1.14 bits per heavy atom. The molecule has 0 radical (unpaired) electrons. The van der Waals surface area contributed by atoms with Gasteiger partial charge in [0.25, 0.3) is 0 Å². The third-order valence-corrected chi connectivity index (χ3v) is 10.2. The third kappa shape index (κ3) is 2.95. The summed E-state index contributed by atoms with van der Waals surface area (Å²) >= 11 is 0. The lowest BCUT2D eigenvalue weighted by Crippen LogP contribution is -2.44. The molecule has 2 saturated carbocycles. The zero-order valence-electron chi connectivity index (χ0n) is 17.5. The van der Waals surface area contributed by atoms with Gasteiger partial charge in [-0.1, -0.05) is 27.2 Å². The molecule has 160 valence electrons. The molecule has 1 spiro atoms. The van der Waals surface area contributed by atoms with Gasteiger partial charge in [-0.2, -0.15) is 0 Å². The molecule has 0 aromatic rings. The Balaban J connectivity index is 1.38. The van der Waals surface area contributed by atoms with Crippen LogP contribution in [0.1, 0.15) is 78.6 Å². The summed E-state index contributed by atoms with van der Waals surface area (Å²) in [5.41, 5.74) is -0.230. The molecule has 2 aliphatic heterocycles. The van der Waals surface area contributed by atoms with Gasteiger partial charge >= 0.3 is 0 Å². The van der Waals surface area contributed by atoms with Gasteiger partial charge in [-0.05, 0) is 43.4 Å². The monoisotopic (exact) mass is 413 g/mol. The molecule has 4 rings (SSSR count). The van der Waals surface area contributed by atoms with Crippen LogP contribution in [0.3, 0.4) is 0 Å². The molecule has 0 aromatic carbocycles. The Labute approximate surface area is 169 Å². The van der Waals surface area contributed by atoms with Gasteiger partial charge in [0, 0.05) is 24.7 Å². The van der Waals surface area contributed by atoms with E-state index < -0.39 is 15.8 Å². The van der Waals surface area contributed by atoms with Crippen molar-refractivity contribution in [2.75, 3.05) is 19.0 Å². The van der Waals surface area contributed by atoms with Crippen molar-refractivity contribution in [3.63, 3.8) is 0 Å².